The van der Waals surface area contributed by atoms with Crippen LogP contribution in [0.25, 0.3) is 15.3 Å². The first-order valence-corrected chi connectivity index (χ1v) is 13.4. The summed E-state index contributed by atoms with van der Waals surface area (Å²) in [4.78, 5) is 31.8. The van der Waals surface area contributed by atoms with Crippen molar-refractivity contribution in [1.82, 2.24) is 34.6 Å². The number of fused-ring (bicyclic) bond motifs is 1. The number of carbonyl (C=O) groups excluding carboxylic acids is 2. The Bertz CT molecular complexity index is 1440. The van der Waals surface area contributed by atoms with Crippen LogP contribution in [0.2, 0.25) is 0 Å². The molecule has 6 rings (SSSR count). The molecule has 1 saturated carbocycles. The molecule has 2 N–H and O–H groups in total. The van der Waals surface area contributed by atoms with Crippen LogP contribution < -0.4 is 10.6 Å². The number of nitrogens with zero attached hydrogens (tertiary/aromatic N) is 6. The number of ether oxygens (including phenoxy) is 1. The fourth-order valence-electron chi connectivity index (χ4n) is 4.57. The first kappa shape index (κ1) is 26.0. The molecule has 0 aromatic carbocycles. The molecule has 0 unspecified atom stereocenters. The highest BCUT2D eigenvalue weighted by Crippen LogP contribution is 2.43. The first-order chi connectivity index (χ1) is 18.4. The lowest BCUT2D eigenvalue weighted by atomic mass is 10.2. The highest BCUT2D eigenvalue weighted by atomic mass is 32.1. The van der Waals surface area contributed by atoms with Crippen molar-refractivity contribution in [3.63, 3.8) is 0 Å². The Labute approximate surface area is 224 Å². The normalized spacial score (nSPS) is 16.2. The molecule has 38 heavy (non-hydrogen) atoms. The van der Waals surface area contributed by atoms with Gasteiger partial charge in [0.25, 0.3) is 5.91 Å². The van der Waals surface area contributed by atoms with E-state index in [1.165, 1.54) is 34.3 Å². The fraction of sp³-hybridized carbons (Fsp3) is 0.423. The molecule has 1 saturated heterocycles. The zero-order valence-corrected chi connectivity index (χ0v) is 22.6. The van der Waals surface area contributed by atoms with Crippen LogP contribution >= 0.6 is 11.3 Å². The molecule has 1 aliphatic heterocycles. The number of anilines is 1. The number of aryl methyl sites for hydroxylation is 3. The Hall–Kier alpha value is -3.61. The lowest BCUT2D eigenvalue weighted by Crippen LogP contribution is -2.50. The molecule has 4 aromatic heterocycles. The zero-order chi connectivity index (χ0) is 26.7. The Balaban J connectivity index is 0.000000168. The Kier molecular flexibility index (Phi) is 7.54. The van der Waals surface area contributed by atoms with Gasteiger partial charge in [0.1, 0.15) is 4.83 Å². The van der Waals surface area contributed by atoms with Gasteiger partial charge in [0, 0.05) is 61.9 Å². The molecule has 2 aliphatic rings. The van der Waals surface area contributed by atoms with Gasteiger partial charge in [-0.2, -0.15) is 10.2 Å². The predicted molar refractivity (Wildman–Crippen MR) is 145 cm³/mol. The van der Waals surface area contributed by atoms with E-state index in [1.807, 2.05) is 41.0 Å². The lowest BCUT2D eigenvalue weighted by molar-refractivity contribution is -0.105. The minimum absolute atomic E-state index is 0.176. The maximum atomic E-state index is 12.2. The van der Waals surface area contributed by atoms with Gasteiger partial charge >= 0.3 is 0 Å². The van der Waals surface area contributed by atoms with Gasteiger partial charge in [-0.15, -0.1) is 11.3 Å². The van der Waals surface area contributed by atoms with Crippen molar-refractivity contribution in [2.24, 2.45) is 7.05 Å². The molecular formula is C26H32N8O3S. The zero-order valence-electron chi connectivity index (χ0n) is 21.8. The second kappa shape index (κ2) is 11.0. The number of pyridine rings is 1. The van der Waals surface area contributed by atoms with Gasteiger partial charge in [-0.3, -0.25) is 24.2 Å². The van der Waals surface area contributed by atoms with Crippen molar-refractivity contribution < 1.29 is 14.3 Å². The predicted octanol–water partition coefficient (Wildman–Crippen LogP) is 2.66. The van der Waals surface area contributed by atoms with Crippen LogP contribution in [0, 0.1) is 13.8 Å². The van der Waals surface area contributed by atoms with Crippen molar-refractivity contribution in [2.45, 2.75) is 32.2 Å². The number of carbonyl (C=O) groups is 2. The molecule has 0 radical (unpaired) electrons. The number of morpholine rings is 1. The minimum atomic E-state index is -0.176. The maximum absolute atomic E-state index is 12.2. The molecule has 2 amide bonds. The summed E-state index contributed by atoms with van der Waals surface area (Å²) in [5.74, 6) is -0.176. The summed E-state index contributed by atoms with van der Waals surface area (Å²) in [6.45, 7) is 7.77. The monoisotopic (exact) mass is 536 g/mol. The fourth-order valence-corrected chi connectivity index (χ4v) is 5.56. The molecule has 0 atom stereocenters. The van der Waals surface area contributed by atoms with E-state index < -0.39 is 0 Å². The number of thiazole rings is 1. The molecule has 11 nitrogen and oxygen atoms in total. The molecular weight excluding hydrogens is 504 g/mol. The average Bonchev–Trinajstić information content (AvgIpc) is 3.20. The standard InChI is InChI=1S/C16H22N4O3.C10H10N4S/c1-12-14(19-11-21)8-13(9-18-12)15(22)17-4-5-20-6-7-23-10-16(20)2-3-16;1-7-3-12-14-6-9(15-10(7)14)8-4-11-13(2)5-8/h8-9,11H,2-7,10H2,1H3,(H,17,22)(H,19,21);3-6H,1-2H3. The number of amides is 2. The van der Waals surface area contributed by atoms with Crippen LogP contribution in [0.4, 0.5) is 5.69 Å². The molecule has 200 valence electrons. The molecule has 5 heterocycles. The van der Waals surface area contributed by atoms with Crippen molar-refractivity contribution in [2.75, 3.05) is 38.2 Å². The highest BCUT2D eigenvalue weighted by molar-refractivity contribution is 7.20. The quantitative estimate of drug-likeness (QED) is 0.349. The van der Waals surface area contributed by atoms with Crippen molar-refractivity contribution in [3.8, 4) is 10.4 Å². The Morgan fingerprint density at radius 2 is 2.05 bits per heavy atom. The van der Waals surface area contributed by atoms with Crippen LogP contribution in [-0.4, -0.2) is 80.0 Å². The summed E-state index contributed by atoms with van der Waals surface area (Å²) in [5, 5.41) is 13.9. The smallest absolute Gasteiger partial charge is 0.252 e. The van der Waals surface area contributed by atoms with Crippen molar-refractivity contribution >= 4 is 34.2 Å². The third-order valence-corrected chi connectivity index (χ3v) is 8.23. The number of hydrogen-bond donors (Lipinski definition) is 2. The van der Waals surface area contributed by atoms with E-state index in [2.05, 4.69) is 37.6 Å². The van der Waals surface area contributed by atoms with Crippen LogP contribution in [0.5, 0.6) is 0 Å². The van der Waals surface area contributed by atoms with Gasteiger partial charge in [0.2, 0.25) is 6.41 Å². The average molecular weight is 537 g/mol. The molecule has 1 spiro atoms. The number of nitrogens with one attached hydrogen (secondary N) is 2. The highest BCUT2D eigenvalue weighted by Gasteiger charge is 2.49. The summed E-state index contributed by atoms with van der Waals surface area (Å²) in [6, 6.07) is 1.64. The number of aromatic nitrogens is 5. The van der Waals surface area contributed by atoms with Gasteiger partial charge in [-0.25, -0.2) is 4.52 Å². The van der Waals surface area contributed by atoms with E-state index in [4.69, 9.17) is 4.74 Å². The van der Waals surface area contributed by atoms with Gasteiger partial charge < -0.3 is 15.4 Å². The third-order valence-electron chi connectivity index (χ3n) is 6.96. The number of hydrogen-bond acceptors (Lipinski definition) is 8. The minimum Gasteiger partial charge on any atom is -0.378 e. The van der Waals surface area contributed by atoms with Crippen LogP contribution in [0.3, 0.4) is 0 Å². The van der Waals surface area contributed by atoms with Crippen LogP contribution in [-0.2, 0) is 16.6 Å². The number of rotatable bonds is 7. The molecule has 0 bridgehead atoms. The van der Waals surface area contributed by atoms with E-state index in [-0.39, 0.29) is 11.4 Å². The van der Waals surface area contributed by atoms with Gasteiger partial charge in [0.05, 0.1) is 47.4 Å². The molecule has 1 aliphatic carbocycles. The van der Waals surface area contributed by atoms with E-state index >= 15 is 0 Å². The van der Waals surface area contributed by atoms with E-state index in [1.54, 1.807) is 24.3 Å². The summed E-state index contributed by atoms with van der Waals surface area (Å²) in [5.41, 5.74) is 4.27. The molecule has 12 heteroatoms. The first-order valence-electron chi connectivity index (χ1n) is 12.6. The Morgan fingerprint density at radius 1 is 1.21 bits per heavy atom. The Morgan fingerprint density at radius 3 is 2.76 bits per heavy atom. The van der Waals surface area contributed by atoms with Crippen molar-refractivity contribution in [1.29, 1.82) is 0 Å². The molecule has 4 aromatic rings. The summed E-state index contributed by atoms with van der Waals surface area (Å²) < 4.78 is 9.28. The SMILES string of the molecule is Cc1cnn2cc(-c3cnn(C)c3)sc12.Cc1ncc(C(=O)NCCN2CCOCC23CC3)cc1NC=O. The van der Waals surface area contributed by atoms with Crippen LogP contribution in [0.1, 0.15) is 34.5 Å². The van der Waals surface area contributed by atoms with Gasteiger partial charge in [-0.1, -0.05) is 0 Å². The van der Waals surface area contributed by atoms with Crippen molar-refractivity contribution in [3.05, 3.63) is 53.9 Å². The van der Waals surface area contributed by atoms with Gasteiger partial charge in [-0.05, 0) is 32.8 Å². The van der Waals surface area contributed by atoms with Crippen LogP contribution in [0.15, 0.2) is 37.1 Å². The lowest BCUT2D eigenvalue weighted by Gasteiger charge is -2.36. The topological polar surface area (TPSA) is 119 Å². The third kappa shape index (κ3) is 5.62. The summed E-state index contributed by atoms with van der Waals surface area (Å²) >= 11 is 1.74. The maximum Gasteiger partial charge on any atom is 0.252 e. The van der Waals surface area contributed by atoms with E-state index in [9.17, 15) is 9.59 Å². The van der Waals surface area contributed by atoms with E-state index in [0.717, 1.165) is 31.9 Å². The summed E-state index contributed by atoms with van der Waals surface area (Å²) in [7, 11) is 1.92. The second-order valence-corrected chi connectivity index (χ2v) is 10.7. The molecule has 2 fully saturated rings. The van der Waals surface area contributed by atoms with E-state index in [0.29, 0.717) is 29.9 Å². The largest absolute Gasteiger partial charge is 0.378 e. The summed E-state index contributed by atoms with van der Waals surface area (Å²) in [6.07, 6.45) is 12.3. The van der Waals surface area contributed by atoms with Gasteiger partial charge in [0.15, 0.2) is 0 Å². The second-order valence-electron chi connectivity index (χ2n) is 9.71.